The average molecular weight is 220 g/mol. The Labute approximate surface area is 99.6 Å². The van der Waals surface area contributed by atoms with Gasteiger partial charge in [0, 0.05) is 17.9 Å². The standard InChI is InChI=1S/C14H24N2/c1-5-8-10-13(9-6-2)16-11-12(4)14(15)7-3/h6,8-11,14,16H,2,5,7,15H2,1,3-4H3/b10-8-,12-11+,13-9+. The second-order valence-corrected chi connectivity index (χ2v) is 3.72. The van der Waals surface area contributed by atoms with Crippen LogP contribution in [-0.2, 0) is 0 Å². The van der Waals surface area contributed by atoms with Gasteiger partial charge in [0.2, 0.25) is 0 Å². The lowest BCUT2D eigenvalue weighted by Crippen LogP contribution is -2.21. The first-order valence-electron chi connectivity index (χ1n) is 5.83. The fraction of sp³-hybridized carbons (Fsp3) is 0.429. The van der Waals surface area contributed by atoms with Crippen molar-refractivity contribution in [3.63, 3.8) is 0 Å². The molecule has 3 N–H and O–H groups in total. The molecule has 0 radical (unpaired) electrons. The predicted molar refractivity (Wildman–Crippen MR) is 72.9 cm³/mol. The van der Waals surface area contributed by atoms with Gasteiger partial charge in [-0.3, -0.25) is 0 Å². The van der Waals surface area contributed by atoms with Crippen molar-refractivity contribution in [2.45, 2.75) is 39.7 Å². The molecule has 2 heteroatoms. The van der Waals surface area contributed by atoms with Crippen molar-refractivity contribution in [3.8, 4) is 0 Å². The smallest absolute Gasteiger partial charge is 0.0376 e. The Bertz CT molecular complexity index is 285. The highest BCUT2D eigenvalue weighted by Gasteiger charge is 2.00. The van der Waals surface area contributed by atoms with Gasteiger partial charge < -0.3 is 11.1 Å². The first-order chi connectivity index (χ1) is 7.65. The van der Waals surface area contributed by atoms with E-state index in [1.165, 1.54) is 0 Å². The quantitative estimate of drug-likeness (QED) is 0.646. The van der Waals surface area contributed by atoms with Gasteiger partial charge in [-0.2, -0.15) is 0 Å². The number of nitrogens with two attached hydrogens (primary N) is 1. The Hall–Kier alpha value is -1.28. The molecule has 0 amide bonds. The summed E-state index contributed by atoms with van der Waals surface area (Å²) in [6.07, 6.45) is 11.8. The summed E-state index contributed by atoms with van der Waals surface area (Å²) in [5.74, 6) is 0. The van der Waals surface area contributed by atoms with Gasteiger partial charge in [-0.15, -0.1) is 0 Å². The van der Waals surface area contributed by atoms with Crippen molar-refractivity contribution < 1.29 is 0 Å². The highest BCUT2D eigenvalue weighted by molar-refractivity contribution is 5.24. The number of hydrogen-bond acceptors (Lipinski definition) is 2. The van der Waals surface area contributed by atoms with Crippen LogP contribution >= 0.6 is 0 Å². The van der Waals surface area contributed by atoms with Crippen LogP contribution in [0.2, 0.25) is 0 Å². The van der Waals surface area contributed by atoms with Crippen LogP contribution in [0.4, 0.5) is 0 Å². The van der Waals surface area contributed by atoms with Crippen LogP contribution < -0.4 is 11.1 Å². The molecule has 0 aromatic carbocycles. The zero-order valence-corrected chi connectivity index (χ0v) is 10.7. The van der Waals surface area contributed by atoms with Gasteiger partial charge in [-0.1, -0.05) is 32.6 Å². The van der Waals surface area contributed by atoms with E-state index < -0.39 is 0 Å². The second-order valence-electron chi connectivity index (χ2n) is 3.72. The first kappa shape index (κ1) is 14.7. The molecule has 0 rings (SSSR count). The number of allylic oxidation sites excluding steroid dienone is 4. The maximum atomic E-state index is 5.91. The highest BCUT2D eigenvalue weighted by Crippen LogP contribution is 2.02. The Morgan fingerprint density at radius 2 is 2.12 bits per heavy atom. The van der Waals surface area contributed by atoms with E-state index in [2.05, 4.69) is 31.8 Å². The molecule has 2 nitrogen and oxygen atoms in total. The van der Waals surface area contributed by atoms with Crippen molar-refractivity contribution in [3.05, 3.63) is 48.4 Å². The van der Waals surface area contributed by atoms with Crippen molar-refractivity contribution in [2.75, 3.05) is 0 Å². The molecule has 0 saturated heterocycles. The molecule has 0 spiro atoms. The molecule has 0 heterocycles. The minimum Gasteiger partial charge on any atom is -0.362 e. The molecule has 90 valence electrons. The summed E-state index contributed by atoms with van der Waals surface area (Å²) in [5, 5.41) is 3.23. The minimum atomic E-state index is 0.132. The van der Waals surface area contributed by atoms with Gasteiger partial charge >= 0.3 is 0 Å². The van der Waals surface area contributed by atoms with E-state index in [9.17, 15) is 0 Å². The predicted octanol–water partition coefficient (Wildman–Crippen LogP) is 3.25. The molecule has 16 heavy (non-hydrogen) atoms. The summed E-state index contributed by atoms with van der Waals surface area (Å²) in [5.41, 5.74) is 8.09. The van der Waals surface area contributed by atoms with Crippen molar-refractivity contribution in [2.24, 2.45) is 5.73 Å². The van der Waals surface area contributed by atoms with E-state index in [-0.39, 0.29) is 6.04 Å². The largest absolute Gasteiger partial charge is 0.362 e. The van der Waals surface area contributed by atoms with Crippen molar-refractivity contribution in [1.29, 1.82) is 0 Å². The normalized spacial score (nSPS) is 15.2. The van der Waals surface area contributed by atoms with E-state index in [1.807, 2.05) is 25.3 Å². The first-order valence-corrected chi connectivity index (χ1v) is 5.83. The van der Waals surface area contributed by atoms with Crippen LogP contribution in [0.3, 0.4) is 0 Å². The minimum absolute atomic E-state index is 0.132. The summed E-state index contributed by atoms with van der Waals surface area (Å²) < 4.78 is 0. The van der Waals surface area contributed by atoms with E-state index in [0.717, 1.165) is 24.1 Å². The van der Waals surface area contributed by atoms with E-state index >= 15 is 0 Å². The third kappa shape index (κ3) is 6.25. The molecule has 1 atom stereocenters. The summed E-state index contributed by atoms with van der Waals surface area (Å²) in [7, 11) is 0. The topological polar surface area (TPSA) is 38.0 Å². The van der Waals surface area contributed by atoms with E-state index in [0.29, 0.717) is 0 Å². The summed E-state index contributed by atoms with van der Waals surface area (Å²) in [6.45, 7) is 9.92. The molecular formula is C14H24N2. The van der Waals surface area contributed by atoms with Gasteiger partial charge in [0.25, 0.3) is 0 Å². The summed E-state index contributed by atoms with van der Waals surface area (Å²) in [6, 6.07) is 0.132. The van der Waals surface area contributed by atoms with Crippen molar-refractivity contribution >= 4 is 0 Å². The Balaban J connectivity index is 4.48. The van der Waals surface area contributed by atoms with Gasteiger partial charge in [0.15, 0.2) is 0 Å². The Morgan fingerprint density at radius 3 is 2.62 bits per heavy atom. The fourth-order valence-electron chi connectivity index (χ4n) is 1.15. The third-order valence-corrected chi connectivity index (χ3v) is 2.32. The van der Waals surface area contributed by atoms with Gasteiger partial charge in [-0.05, 0) is 37.5 Å². The lowest BCUT2D eigenvalue weighted by Gasteiger charge is -2.10. The number of rotatable bonds is 7. The van der Waals surface area contributed by atoms with Crippen molar-refractivity contribution in [1.82, 2.24) is 5.32 Å². The fourth-order valence-corrected chi connectivity index (χ4v) is 1.15. The van der Waals surface area contributed by atoms with Gasteiger partial charge in [-0.25, -0.2) is 0 Å². The summed E-state index contributed by atoms with van der Waals surface area (Å²) >= 11 is 0. The maximum absolute atomic E-state index is 5.91. The van der Waals surface area contributed by atoms with Gasteiger partial charge in [0.05, 0.1) is 0 Å². The van der Waals surface area contributed by atoms with Crippen LogP contribution in [0.15, 0.2) is 48.4 Å². The molecular weight excluding hydrogens is 196 g/mol. The summed E-state index contributed by atoms with van der Waals surface area (Å²) in [4.78, 5) is 0. The average Bonchev–Trinajstić information content (AvgIpc) is 2.31. The lowest BCUT2D eigenvalue weighted by atomic mass is 10.1. The highest BCUT2D eigenvalue weighted by atomic mass is 14.8. The maximum Gasteiger partial charge on any atom is 0.0376 e. The zero-order chi connectivity index (χ0) is 12.4. The molecule has 0 saturated carbocycles. The SMILES string of the molecule is C=C/C=C(\C=C/CC)N/C=C(\C)C(N)CC. The molecule has 0 bridgehead atoms. The monoisotopic (exact) mass is 220 g/mol. The van der Waals surface area contributed by atoms with Crippen LogP contribution in [0, 0.1) is 0 Å². The Morgan fingerprint density at radius 1 is 1.44 bits per heavy atom. The number of hydrogen-bond donors (Lipinski definition) is 2. The molecule has 0 aliphatic rings. The van der Waals surface area contributed by atoms with Gasteiger partial charge in [0.1, 0.15) is 0 Å². The molecule has 0 aromatic heterocycles. The molecule has 0 aliphatic heterocycles. The van der Waals surface area contributed by atoms with E-state index in [1.54, 1.807) is 6.08 Å². The molecule has 1 unspecified atom stereocenters. The van der Waals surface area contributed by atoms with E-state index in [4.69, 9.17) is 5.73 Å². The molecule has 0 aromatic rings. The van der Waals surface area contributed by atoms with Crippen LogP contribution in [-0.4, -0.2) is 6.04 Å². The van der Waals surface area contributed by atoms with Crippen LogP contribution in [0.5, 0.6) is 0 Å². The Kier molecular flexibility index (Phi) is 8.26. The number of nitrogens with one attached hydrogen (secondary N) is 1. The lowest BCUT2D eigenvalue weighted by molar-refractivity contribution is 0.733. The zero-order valence-electron chi connectivity index (χ0n) is 10.7. The van der Waals surface area contributed by atoms with Crippen LogP contribution in [0.25, 0.3) is 0 Å². The second kappa shape index (κ2) is 8.98. The van der Waals surface area contributed by atoms with Crippen LogP contribution in [0.1, 0.15) is 33.6 Å². The molecule has 0 aliphatic carbocycles. The molecule has 0 fully saturated rings. The third-order valence-electron chi connectivity index (χ3n) is 2.32.